The maximum atomic E-state index is 11.2. The Hall–Kier alpha value is -2.05. The van der Waals surface area contributed by atoms with E-state index in [0.717, 1.165) is 33.5 Å². The summed E-state index contributed by atoms with van der Waals surface area (Å²) in [4.78, 5) is 10.8. The van der Waals surface area contributed by atoms with Gasteiger partial charge in [-0.3, -0.25) is 10.1 Å². The van der Waals surface area contributed by atoms with Gasteiger partial charge in [-0.2, -0.15) is 0 Å². The first-order valence-electron chi connectivity index (χ1n) is 8.24. The van der Waals surface area contributed by atoms with Crippen LogP contribution in [0.3, 0.4) is 0 Å². The van der Waals surface area contributed by atoms with Crippen molar-refractivity contribution in [2.24, 2.45) is 5.92 Å². The van der Waals surface area contributed by atoms with E-state index in [-0.39, 0.29) is 23.6 Å². The standard InChI is InChI=1S/C19H16BrClN2O3/c1-26-17-6-5-10(20)7-15(17)18-13-4-2-3-12(13)14-8-11(23(24)25)9-16(21)19(14)22-18/h2-3,5-9,12-13,18,22H,4H2,1H3/t12-,13-,18+/m0/s1. The highest BCUT2D eigenvalue weighted by Gasteiger charge is 2.40. The first-order valence-corrected chi connectivity index (χ1v) is 9.41. The number of allylic oxidation sites excluding steroid dienone is 2. The molecule has 0 aromatic heterocycles. The van der Waals surface area contributed by atoms with Crippen LogP contribution in [0.15, 0.2) is 47.0 Å². The Balaban J connectivity index is 1.86. The highest BCUT2D eigenvalue weighted by molar-refractivity contribution is 9.10. The number of non-ortho nitro benzene ring substituents is 1. The van der Waals surface area contributed by atoms with Crippen LogP contribution >= 0.6 is 27.5 Å². The molecule has 0 amide bonds. The molecule has 0 fully saturated rings. The molecule has 0 radical (unpaired) electrons. The smallest absolute Gasteiger partial charge is 0.271 e. The average molecular weight is 436 g/mol. The number of nitro benzene ring substituents is 1. The van der Waals surface area contributed by atoms with E-state index in [1.165, 1.54) is 6.07 Å². The van der Waals surface area contributed by atoms with Gasteiger partial charge in [-0.15, -0.1) is 0 Å². The number of hydrogen-bond acceptors (Lipinski definition) is 4. The van der Waals surface area contributed by atoms with Crippen molar-refractivity contribution in [1.29, 1.82) is 0 Å². The van der Waals surface area contributed by atoms with Crippen molar-refractivity contribution in [2.75, 3.05) is 12.4 Å². The molecule has 2 aromatic carbocycles. The second-order valence-corrected chi connectivity index (χ2v) is 7.83. The minimum absolute atomic E-state index is 0.00564. The summed E-state index contributed by atoms with van der Waals surface area (Å²) in [5, 5.41) is 15.1. The number of rotatable bonds is 3. The van der Waals surface area contributed by atoms with Gasteiger partial charge in [0.1, 0.15) is 5.75 Å². The number of benzene rings is 2. The first kappa shape index (κ1) is 17.4. The average Bonchev–Trinajstić information content (AvgIpc) is 3.11. The number of nitrogens with one attached hydrogen (secondary N) is 1. The molecule has 1 aliphatic carbocycles. The van der Waals surface area contributed by atoms with Gasteiger partial charge in [0, 0.05) is 28.1 Å². The summed E-state index contributed by atoms with van der Waals surface area (Å²) < 4.78 is 6.54. The minimum atomic E-state index is -0.400. The summed E-state index contributed by atoms with van der Waals surface area (Å²) in [6.07, 6.45) is 5.15. The van der Waals surface area contributed by atoms with Gasteiger partial charge >= 0.3 is 0 Å². The third kappa shape index (κ3) is 2.77. The molecule has 1 aliphatic heterocycles. The highest BCUT2D eigenvalue weighted by Crippen LogP contribution is 2.53. The van der Waals surface area contributed by atoms with Crippen LogP contribution in [0.25, 0.3) is 0 Å². The number of nitro groups is 1. The van der Waals surface area contributed by atoms with Gasteiger partial charge in [0.25, 0.3) is 5.69 Å². The zero-order chi connectivity index (χ0) is 18.4. The predicted molar refractivity (Wildman–Crippen MR) is 105 cm³/mol. The molecule has 26 heavy (non-hydrogen) atoms. The molecule has 1 heterocycles. The van der Waals surface area contributed by atoms with E-state index in [2.05, 4.69) is 39.5 Å². The summed E-state index contributed by atoms with van der Waals surface area (Å²) in [5.74, 6) is 1.12. The molecule has 4 rings (SSSR count). The molecule has 7 heteroatoms. The molecule has 3 atom stereocenters. The number of nitrogens with zero attached hydrogens (tertiary/aromatic N) is 1. The van der Waals surface area contributed by atoms with Crippen LogP contribution in [0.5, 0.6) is 5.75 Å². The molecule has 0 saturated carbocycles. The fourth-order valence-electron chi connectivity index (χ4n) is 4.00. The van der Waals surface area contributed by atoms with Gasteiger partial charge in [-0.1, -0.05) is 39.7 Å². The van der Waals surface area contributed by atoms with Gasteiger partial charge in [0.15, 0.2) is 0 Å². The predicted octanol–water partition coefficient (Wildman–Crippen LogP) is 5.85. The summed E-state index contributed by atoms with van der Waals surface area (Å²) >= 11 is 9.94. The number of hydrogen-bond donors (Lipinski definition) is 1. The Bertz CT molecular complexity index is 931. The molecule has 2 aliphatic rings. The van der Waals surface area contributed by atoms with E-state index in [0.29, 0.717) is 5.02 Å². The molecular formula is C19H16BrClN2O3. The van der Waals surface area contributed by atoms with Crippen molar-refractivity contribution >= 4 is 38.9 Å². The molecule has 2 aromatic rings. The summed E-state index contributed by atoms with van der Waals surface area (Å²) in [6, 6.07) is 8.97. The molecule has 0 spiro atoms. The van der Waals surface area contributed by atoms with Gasteiger partial charge in [-0.25, -0.2) is 0 Å². The Morgan fingerprint density at radius 3 is 2.85 bits per heavy atom. The van der Waals surface area contributed by atoms with Gasteiger partial charge < -0.3 is 10.1 Å². The summed E-state index contributed by atoms with van der Waals surface area (Å²) in [5.41, 5.74) is 2.71. The van der Waals surface area contributed by atoms with E-state index in [1.807, 2.05) is 12.1 Å². The number of fused-ring (bicyclic) bond motifs is 3. The molecule has 5 nitrogen and oxygen atoms in total. The molecule has 0 bridgehead atoms. The van der Waals surface area contributed by atoms with Crippen molar-refractivity contribution in [2.45, 2.75) is 18.4 Å². The topological polar surface area (TPSA) is 64.4 Å². The van der Waals surface area contributed by atoms with Gasteiger partial charge in [-0.05, 0) is 36.1 Å². The van der Waals surface area contributed by atoms with E-state index in [4.69, 9.17) is 16.3 Å². The minimum Gasteiger partial charge on any atom is -0.496 e. The van der Waals surface area contributed by atoms with E-state index >= 15 is 0 Å². The molecule has 0 unspecified atom stereocenters. The summed E-state index contributed by atoms with van der Waals surface area (Å²) in [6.45, 7) is 0. The fourth-order valence-corrected chi connectivity index (χ4v) is 4.66. The quantitative estimate of drug-likeness (QED) is 0.373. The van der Waals surface area contributed by atoms with Crippen LogP contribution in [0.4, 0.5) is 11.4 Å². The second-order valence-electron chi connectivity index (χ2n) is 6.51. The lowest BCUT2D eigenvalue weighted by molar-refractivity contribution is -0.384. The maximum absolute atomic E-state index is 11.2. The Labute approximate surface area is 164 Å². The monoisotopic (exact) mass is 434 g/mol. The fraction of sp³-hybridized carbons (Fsp3) is 0.263. The summed E-state index contributed by atoms with van der Waals surface area (Å²) in [7, 11) is 1.66. The van der Waals surface area contributed by atoms with Crippen molar-refractivity contribution in [1.82, 2.24) is 0 Å². The molecule has 1 N–H and O–H groups in total. The van der Waals surface area contributed by atoms with Crippen LogP contribution in [0.1, 0.15) is 29.5 Å². The van der Waals surface area contributed by atoms with E-state index in [1.54, 1.807) is 13.2 Å². The van der Waals surface area contributed by atoms with Crippen LogP contribution in [0.2, 0.25) is 5.02 Å². The largest absolute Gasteiger partial charge is 0.496 e. The number of halogens is 2. The van der Waals surface area contributed by atoms with Crippen molar-refractivity contribution in [3.8, 4) is 5.75 Å². The Kier molecular flexibility index (Phi) is 4.40. The first-order chi connectivity index (χ1) is 12.5. The normalized spacial score (nSPS) is 23.1. The lowest BCUT2D eigenvalue weighted by atomic mass is 9.76. The Morgan fingerprint density at radius 2 is 2.12 bits per heavy atom. The Morgan fingerprint density at radius 1 is 1.31 bits per heavy atom. The number of methoxy groups -OCH3 is 1. The van der Waals surface area contributed by atoms with Crippen molar-refractivity contribution in [3.05, 3.63) is 73.2 Å². The third-order valence-electron chi connectivity index (χ3n) is 5.14. The lowest BCUT2D eigenvalue weighted by Crippen LogP contribution is -2.29. The maximum Gasteiger partial charge on any atom is 0.271 e. The number of ether oxygens (including phenoxy) is 1. The molecule has 134 valence electrons. The SMILES string of the molecule is COc1ccc(Br)cc1[C@@H]1Nc2c(Cl)cc([N+](=O)[O-])cc2[C@H]2C=CC[C@@H]21. The third-order valence-corrected chi connectivity index (χ3v) is 5.93. The van der Waals surface area contributed by atoms with Crippen molar-refractivity contribution < 1.29 is 9.66 Å². The van der Waals surface area contributed by atoms with Gasteiger partial charge in [0.05, 0.1) is 28.8 Å². The lowest BCUT2D eigenvalue weighted by Gasteiger charge is -2.38. The van der Waals surface area contributed by atoms with Crippen LogP contribution < -0.4 is 10.1 Å². The van der Waals surface area contributed by atoms with Crippen LogP contribution in [-0.4, -0.2) is 12.0 Å². The van der Waals surface area contributed by atoms with Crippen LogP contribution in [-0.2, 0) is 0 Å². The van der Waals surface area contributed by atoms with Gasteiger partial charge in [0.2, 0.25) is 0 Å². The number of anilines is 1. The van der Waals surface area contributed by atoms with E-state index < -0.39 is 4.92 Å². The zero-order valence-corrected chi connectivity index (χ0v) is 16.3. The molecule has 0 saturated heterocycles. The van der Waals surface area contributed by atoms with Crippen LogP contribution in [0, 0.1) is 16.0 Å². The highest BCUT2D eigenvalue weighted by atomic mass is 79.9. The molecular weight excluding hydrogens is 420 g/mol. The second kappa shape index (κ2) is 6.59. The van der Waals surface area contributed by atoms with Crippen molar-refractivity contribution in [3.63, 3.8) is 0 Å². The van der Waals surface area contributed by atoms with E-state index in [9.17, 15) is 10.1 Å². The zero-order valence-electron chi connectivity index (χ0n) is 13.9.